The number of benzene rings is 1. The van der Waals surface area contributed by atoms with E-state index < -0.39 is 0 Å². The molecule has 2 rings (SSSR count). The van der Waals surface area contributed by atoms with Crippen LogP contribution in [-0.4, -0.2) is 10.2 Å². The van der Waals surface area contributed by atoms with Crippen LogP contribution in [0.3, 0.4) is 0 Å². The monoisotopic (exact) mass is 347 g/mol. The minimum atomic E-state index is 0.153. The average molecular weight is 348 g/mol. The summed E-state index contributed by atoms with van der Waals surface area (Å²) in [5.41, 5.74) is 1.97. The number of halogens is 2. The van der Waals surface area contributed by atoms with E-state index in [0.29, 0.717) is 0 Å². The zero-order valence-corrected chi connectivity index (χ0v) is 11.6. The van der Waals surface area contributed by atoms with Crippen molar-refractivity contribution in [3.8, 4) is 0 Å². The second-order valence-corrected chi connectivity index (χ2v) is 5.16. The highest BCUT2D eigenvalue weighted by Crippen LogP contribution is 2.27. The summed E-state index contributed by atoms with van der Waals surface area (Å²) in [5, 5.41) is 10.9. The molecule has 0 aliphatic heterocycles. The molecule has 0 saturated carbocycles. The third-order valence-electron chi connectivity index (χ3n) is 2.29. The van der Waals surface area contributed by atoms with Crippen LogP contribution in [0.5, 0.6) is 0 Å². The Morgan fingerprint density at radius 1 is 1.44 bits per heavy atom. The standard InChI is InChI=1S/C11H11ClIN3/c1-7(10-4-5-14-16-10)15-11-3-2-8(13)6-9(11)12/h2-7,15H,1H3,(H,14,16). The molecule has 1 heterocycles. The fourth-order valence-corrected chi connectivity index (χ4v) is 2.34. The molecular formula is C11H11ClIN3. The molecule has 1 aromatic carbocycles. The van der Waals surface area contributed by atoms with Gasteiger partial charge in [-0.3, -0.25) is 5.10 Å². The van der Waals surface area contributed by atoms with E-state index in [2.05, 4.69) is 45.0 Å². The van der Waals surface area contributed by atoms with Crippen LogP contribution in [-0.2, 0) is 0 Å². The number of anilines is 1. The Bertz CT molecular complexity index is 470. The number of nitrogens with one attached hydrogen (secondary N) is 2. The maximum Gasteiger partial charge on any atom is 0.0651 e. The Labute approximate surface area is 113 Å². The Hall–Kier alpha value is -0.750. The predicted octanol–water partition coefficient (Wildman–Crippen LogP) is 3.84. The molecule has 84 valence electrons. The van der Waals surface area contributed by atoms with E-state index in [1.54, 1.807) is 6.20 Å². The van der Waals surface area contributed by atoms with Gasteiger partial charge in [-0.15, -0.1) is 0 Å². The molecule has 1 unspecified atom stereocenters. The van der Waals surface area contributed by atoms with Gasteiger partial charge in [0.05, 0.1) is 22.4 Å². The first-order valence-corrected chi connectivity index (χ1v) is 6.33. The number of aromatic amines is 1. The summed E-state index contributed by atoms with van der Waals surface area (Å²) in [6, 6.07) is 8.04. The van der Waals surface area contributed by atoms with Crippen LogP contribution in [0.15, 0.2) is 30.5 Å². The number of nitrogens with zero attached hydrogens (tertiary/aromatic N) is 1. The van der Waals surface area contributed by atoms with Gasteiger partial charge in [0.2, 0.25) is 0 Å². The Kier molecular flexibility index (Phi) is 3.70. The highest BCUT2D eigenvalue weighted by molar-refractivity contribution is 14.1. The summed E-state index contributed by atoms with van der Waals surface area (Å²) in [6.45, 7) is 2.06. The van der Waals surface area contributed by atoms with E-state index in [1.165, 1.54) is 0 Å². The molecule has 16 heavy (non-hydrogen) atoms. The molecule has 5 heteroatoms. The molecule has 0 aliphatic carbocycles. The van der Waals surface area contributed by atoms with Crippen molar-refractivity contribution >= 4 is 39.9 Å². The lowest BCUT2D eigenvalue weighted by atomic mass is 10.2. The minimum Gasteiger partial charge on any atom is -0.376 e. The normalized spacial score (nSPS) is 12.4. The van der Waals surface area contributed by atoms with Gasteiger partial charge in [0.25, 0.3) is 0 Å². The van der Waals surface area contributed by atoms with Crippen molar-refractivity contribution in [3.63, 3.8) is 0 Å². The van der Waals surface area contributed by atoms with Gasteiger partial charge in [-0.25, -0.2) is 0 Å². The van der Waals surface area contributed by atoms with E-state index in [0.717, 1.165) is 20.0 Å². The molecule has 0 bridgehead atoms. The van der Waals surface area contributed by atoms with Gasteiger partial charge in [0.1, 0.15) is 0 Å². The molecule has 0 spiro atoms. The molecule has 0 fully saturated rings. The molecular weight excluding hydrogens is 336 g/mol. The van der Waals surface area contributed by atoms with Crippen LogP contribution in [0.4, 0.5) is 5.69 Å². The van der Waals surface area contributed by atoms with Crippen LogP contribution in [0.25, 0.3) is 0 Å². The third kappa shape index (κ3) is 2.68. The lowest BCUT2D eigenvalue weighted by Gasteiger charge is -2.14. The van der Waals surface area contributed by atoms with Crippen LogP contribution in [0, 0.1) is 3.57 Å². The molecule has 0 saturated heterocycles. The topological polar surface area (TPSA) is 40.7 Å². The van der Waals surface area contributed by atoms with Gasteiger partial charge in [-0.05, 0) is 53.8 Å². The van der Waals surface area contributed by atoms with Crippen molar-refractivity contribution in [1.29, 1.82) is 0 Å². The number of rotatable bonds is 3. The van der Waals surface area contributed by atoms with Crippen LogP contribution < -0.4 is 5.32 Å². The summed E-state index contributed by atoms with van der Waals surface area (Å²) in [6.07, 6.45) is 1.74. The van der Waals surface area contributed by atoms with Crippen LogP contribution in [0.2, 0.25) is 5.02 Å². The smallest absolute Gasteiger partial charge is 0.0651 e. The summed E-state index contributed by atoms with van der Waals surface area (Å²) in [7, 11) is 0. The second-order valence-electron chi connectivity index (χ2n) is 3.50. The Morgan fingerprint density at radius 3 is 2.88 bits per heavy atom. The summed E-state index contributed by atoms with van der Waals surface area (Å²) in [5.74, 6) is 0. The summed E-state index contributed by atoms with van der Waals surface area (Å²) in [4.78, 5) is 0. The van der Waals surface area contributed by atoms with Crippen molar-refractivity contribution in [1.82, 2.24) is 10.2 Å². The van der Waals surface area contributed by atoms with E-state index >= 15 is 0 Å². The van der Waals surface area contributed by atoms with Gasteiger partial charge in [0.15, 0.2) is 0 Å². The van der Waals surface area contributed by atoms with Gasteiger partial charge in [0, 0.05) is 9.77 Å². The van der Waals surface area contributed by atoms with Crippen molar-refractivity contribution in [3.05, 3.63) is 44.7 Å². The van der Waals surface area contributed by atoms with Crippen molar-refractivity contribution < 1.29 is 0 Å². The third-order valence-corrected chi connectivity index (χ3v) is 3.28. The zero-order valence-electron chi connectivity index (χ0n) is 8.67. The number of H-pyrrole nitrogens is 1. The predicted molar refractivity (Wildman–Crippen MR) is 74.8 cm³/mol. The van der Waals surface area contributed by atoms with E-state index in [-0.39, 0.29) is 6.04 Å². The zero-order chi connectivity index (χ0) is 11.5. The fraction of sp³-hybridized carbons (Fsp3) is 0.182. The number of hydrogen-bond donors (Lipinski definition) is 2. The molecule has 0 aliphatic rings. The lowest BCUT2D eigenvalue weighted by molar-refractivity contribution is 0.826. The molecule has 1 atom stereocenters. The first-order chi connectivity index (χ1) is 7.66. The van der Waals surface area contributed by atoms with E-state index in [4.69, 9.17) is 11.6 Å². The van der Waals surface area contributed by atoms with Crippen molar-refractivity contribution in [2.24, 2.45) is 0 Å². The number of hydrogen-bond acceptors (Lipinski definition) is 2. The highest BCUT2D eigenvalue weighted by Gasteiger charge is 2.08. The first kappa shape index (κ1) is 11.7. The van der Waals surface area contributed by atoms with Gasteiger partial charge in [-0.1, -0.05) is 11.6 Å². The Morgan fingerprint density at radius 2 is 2.25 bits per heavy atom. The van der Waals surface area contributed by atoms with E-state index in [9.17, 15) is 0 Å². The maximum atomic E-state index is 6.14. The molecule has 2 aromatic rings. The highest BCUT2D eigenvalue weighted by atomic mass is 127. The Balaban J connectivity index is 2.15. The van der Waals surface area contributed by atoms with Gasteiger partial charge >= 0.3 is 0 Å². The van der Waals surface area contributed by atoms with Crippen molar-refractivity contribution in [2.75, 3.05) is 5.32 Å². The first-order valence-electron chi connectivity index (χ1n) is 4.87. The second kappa shape index (κ2) is 5.05. The maximum absolute atomic E-state index is 6.14. The molecule has 3 nitrogen and oxygen atoms in total. The van der Waals surface area contributed by atoms with Crippen LogP contribution >= 0.6 is 34.2 Å². The van der Waals surface area contributed by atoms with Crippen LogP contribution in [0.1, 0.15) is 18.7 Å². The van der Waals surface area contributed by atoms with Gasteiger partial charge in [-0.2, -0.15) is 5.10 Å². The van der Waals surface area contributed by atoms with Gasteiger partial charge < -0.3 is 5.32 Å². The average Bonchev–Trinajstić information content (AvgIpc) is 2.75. The minimum absolute atomic E-state index is 0.153. The molecule has 0 amide bonds. The van der Waals surface area contributed by atoms with Crippen molar-refractivity contribution in [2.45, 2.75) is 13.0 Å². The lowest BCUT2D eigenvalue weighted by Crippen LogP contribution is -2.07. The SMILES string of the molecule is CC(Nc1ccc(I)cc1Cl)c1ccn[nH]1. The molecule has 1 aromatic heterocycles. The quantitative estimate of drug-likeness (QED) is 0.828. The van der Waals surface area contributed by atoms with E-state index in [1.807, 2.05) is 24.3 Å². The summed E-state index contributed by atoms with van der Waals surface area (Å²) >= 11 is 8.38. The fourth-order valence-electron chi connectivity index (χ4n) is 1.43. The number of aromatic nitrogens is 2. The molecule has 0 radical (unpaired) electrons. The molecule has 2 N–H and O–H groups in total. The largest absolute Gasteiger partial charge is 0.376 e. The summed E-state index contributed by atoms with van der Waals surface area (Å²) < 4.78 is 1.13.